The Morgan fingerprint density at radius 2 is 1.43 bits per heavy atom. The monoisotopic (exact) mass is 646 g/mol. The van der Waals surface area contributed by atoms with Crippen LogP contribution in [0.5, 0.6) is 0 Å². The maximum absolute atomic E-state index is 14.0. The summed E-state index contributed by atoms with van der Waals surface area (Å²) in [6.45, 7) is 14.3. The van der Waals surface area contributed by atoms with E-state index in [2.05, 4.69) is 16.0 Å². The van der Waals surface area contributed by atoms with Crippen molar-refractivity contribution in [2.45, 2.75) is 97.8 Å². The van der Waals surface area contributed by atoms with Gasteiger partial charge in [0.25, 0.3) is 0 Å². The van der Waals surface area contributed by atoms with E-state index in [9.17, 15) is 39.0 Å². The van der Waals surface area contributed by atoms with Gasteiger partial charge in [0.1, 0.15) is 12.1 Å². The van der Waals surface area contributed by atoms with Crippen LogP contribution in [0.4, 0.5) is 0 Å². The van der Waals surface area contributed by atoms with E-state index >= 15 is 0 Å². The Kier molecular flexibility index (Phi) is 14.1. The van der Waals surface area contributed by atoms with Gasteiger partial charge in [-0.15, -0.1) is 0 Å². The van der Waals surface area contributed by atoms with Gasteiger partial charge in [0, 0.05) is 24.5 Å². The van der Waals surface area contributed by atoms with Crippen molar-refractivity contribution in [1.29, 1.82) is 0 Å². The molecule has 0 aliphatic carbocycles. The van der Waals surface area contributed by atoms with Gasteiger partial charge in [-0.1, -0.05) is 66.7 Å². The molecule has 0 fully saturated rings. The first-order chi connectivity index (χ1) is 21.1. The van der Waals surface area contributed by atoms with Crippen LogP contribution in [0, 0.1) is 11.3 Å². The first-order valence-corrected chi connectivity index (χ1v) is 15.1. The highest BCUT2D eigenvalue weighted by atomic mass is 16.4. The minimum absolute atomic E-state index is 0.118. The number of nitrogens with zero attached hydrogens (tertiary/aromatic N) is 1. The fourth-order valence-electron chi connectivity index (χ4n) is 5.13. The number of likely N-dealkylation sites (N-methyl/N-ethyl adjacent to an activating group) is 2. The Bertz CT molecular complexity index is 1310. The third-order valence-electron chi connectivity index (χ3n) is 8.06. The van der Waals surface area contributed by atoms with Gasteiger partial charge in [0.2, 0.25) is 17.7 Å². The number of carboxylic acids is 3. The molecule has 4 atom stereocenters. The standard InChI is InChI=1S/C33H50N4O9/c1-18(2)23(17-19(3)27(40)35-22(31(45)46)15-16-24(38)39)37(10)29(42)26(32(4,5)6)36-28(41)25(34-9)33(7,8)21-13-11-20(12-14-21)30(43)44/h11-14,17-18,22-23,25-26,34H,15-16H2,1-10H3,(H,35,40)(H,36,41)(H,38,39)(H,43,44)(H,45,46)/b19-17+/t22-,23-,25-,26?/m1/s1. The largest absolute Gasteiger partial charge is 0.481 e. The van der Waals surface area contributed by atoms with Crippen LogP contribution in [0.2, 0.25) is 0 Å². The highest BCUT2D eigenvalue weighted by molar-refractivity contribution is 5.96. The molecule has 256 valence electrons. The summed E-state index contributed by atoms with van der Waals surface area (Å²) in [5, 5.41) is 35.9. The predicted molar refractivity (Wildman–Crippen MR) is 172 cm³/mol. The number of aliphatic carboxylic acids is 2. The van der Waals surface area contributed by atoms with E-state index in [1.807, 2.05) is 48.5 Å². The minimum Gasteiger partial charge on any atom is -0.481 e. The minimum atomic E-state index is -1.40. The maximum atomic E-state index is 14.0. The van der Waals surface area contributed by atoms with Crippen LogP contribution < -0.4 is 16.0 Å². The number of carbonyl (C=O) groups is 6. The summed E-state index contributed by atoms with van der Waals surface area (Å²) < 4.78 is 0. The quantitative estimate of drug-likeness (QED) is 0.145. The first kappa shape index (κ1) is 39.8. The van der Waals surface area contributed by atoms with E-state index in [0.717, 1.165) is 5.56 Å². The summed E-state index contributed by atoms with van der Waals surface area (Å²) >= 11 is 0. The zero-order valence-electron chi connectivity index (χ0n) is 28.4. The molecule has 0 aliphatic rings. The Balaban J connectivity index is 3.31. The predicted octanol–water partition coefficient (Wildman–Crippen LogP) is 2.64. The van der Waals surface area contributed by atoms with Gasteiger partial charge >= 0.3 is 17.9 Å². The van der Waals surface area contributed by atoms with Crippen molar-refractivity contribution in [3.05, 3.63) is 47.0 Å². The number of hydrogen-bond donors (Lipinski definition) is 6. The molecule has 6 N–H and O–H groups in total. The molecule has 46 heavy (non-hydrogen) atoms. The number of carboxylic acid groups (broad SMARTS) is 3. The van der Waals surface area contributed by atoms with Gasteiger partial charge in [0.15, 0.2) is 0 Å². The second-order valence-electron chi connectivity index (χ2n) is 13.5. The molecule has 0 saturated carbocycles. The lowest BCUT2D eigenvalue weighted by Gasteiger charge is -2.40. The van der Waals surface area contributed by atoms with Crippen LogP contribution in [0.3, 0.4) is 0 Å². The third kappa shape index (κ3) is 10.7. The first-order valence-electron chi connectivity index (χ1n) is 15.1. The van der Waals surface area contributed by atoms with E-state index < -0.39 is 77.0 Å². The van der Waals surface area contributed by atoms with Crippen LogP contribution in [0.15, 0.2) is 35.9 Å². The van der Waals surface area contributed by atoms with Gasteiger partial charge in [-0.3, -0.25) is 19.2 Å². The van der Waals surface area contributed by atoms with Crippen LogP contribution in [-0.2, 0) is 29.4 Å². The second-order valence-corrected chi connectivity index (χ2v) is 13.5. The molecule has 0 heterocycles. The maximum Gasteiger partial charge on any atom is 0.335 e. The molecule has 1 aromatic carbocycles. The van der Waals surface area contributed by atoms with Crippen molar-refractivity contribution in [1.82, 2.24) is 20.9 Å². The lowest BCUT2D eigenvalue weighted by molar-refractivity contribution is -0.142. The summed E-state index contributed by atoms with van der Waals surface area (Å²) in [6.07, 6.45) is 0.824. The zero-order chi connectivity index (χ0) is 35.7. The lowest BCUT2D eigenvalue weighted by Crippen LogP contribution is -2.61. The zero-order valence-corrected chi connectivity index (χ0v) is 28.4. The number of nitrogens with one attached hydrogen (secondary N) is 3. The Morgan fingerprint density at radius 1 is 0.891 bits per heavy atom. The molecule has 3 amide bonds. The summed E-state index contributed by atoms with van der Waals surface area (Å²) in [5.41, 5.74) is -0.563. The van der Waals surface area contributed by atoms with Crippen molar-refractivity contribution in [2.24, 2.45) is 11.3 Å². The number of rotatable bonds is 16. The van der Waals surface area contributed by atoms with Gasteiger partial charge in [0.05, 0.1) is 17.6 Å². The van der Waals surface area contributed by atoms with Crippen molar-refractivity contribution in [3.8, 4) is 0 Å². The molecule has 0 saturated heterocycles. The lowest BCUT2D eigenvalue weighted by atomic mass is 9.76. The van der Waals surface area contributed by atoms with Crippen molar-refractivity contribution in [3.63, 3.8) is 0 Å². The van der Waals surface area contributed by atoms with Gasteiger partial charge in [-0.25, -0.2) is 9.59 Å². The molecule has 13 nitrogen and oxygen atoms in total. The summed E-state index contributed by atoms with van der Waals surface area (Å²) in [5.74, 6) is -5.36. The third-order valence-corrected chi connectivity index (χ3v) is 8.06. The van der Waals surface area contributed by atoms with E-state index in [1.165, 1.54) is 24.0 Å². The van der Waals surface area contributed by atoms with Crippen LogP contribution in [0.1, 0.15) is 84.2 Å². The molecular weight excluding hydrogens is 596 g/mol. The Hall–Kier alpha value is -4.26. The van der Waals surface area contributed by atoms with E-state index in [1.54, 1.807) is 32.3 Å². The number of carbonyl (C=O) groups excluding carboxylic acids is 3. The average molecular weight is 647 g/mol. The van der Waals surface area contributed by atoms with Crippen molar-refractivity contribution in [2.75, 3.05) is 14.1 Å². The summed E-state index contributed by atoms with van der Waals surface area (Å²) in [7, 11) is 3.19. The van der Waals surface area contributed by atoms with Gasteiger partial charge in [-0.2, -0.15) is 0 Å². The topological polar surface area (TPSA) is 202 Å². The van der Waals surface area contributed by atoms with E-state index in [0.29, 0.717) is 0 Å². The Labute approximate surface area is 270 Å². The van der Waals surface area contributed by atoms with Gasteiger partial charge in [-0.05, 0) is 49.4 Å². The number of amides is 3. The summed E-state index contributed by atoms with van der Waals surface area (Å²) in [4.78, 5) is 75.9. The summed E-state index contributed by atoms with van der Waals surface area (Å²) in [6, 6.07) is 2.45. The highest BCUT2D eigenvalue weighted by Gasteiger charge is 2.41. The molecule has 0 aliphatic heterocycles. The fraction of sp³-hybridized carbons (Fsp3) is 0.576. The molecule has 0 bridgehead atoms. The van der Waals surface area contributed by atoms with Crippen LogP contribution in [0.25, 0.3) is 0 Å². The van der Waals surface area contributed by atoms with Gasteiger partial charge < -0.3 is 36.2 Å². The van der Waals surface area contributed by atoms with Crippen molar-refractivity contribution < 1.29 is 44.1 Å². The number of hydrogen-bond acceptors (Lipinski definition) is 7. The fourth-order valence-corrected chi connectivity index (χ4v) is 5.13. The van der Waals surface area contributed by atoms with Crippen LogP contribution >= 0.6 is 0 Å². The van der Waals surface area contributed by atoms with Crippen molar-refractivity contribution >= 4 is 35.6 Å². The molecule has 1 aromatic rings. The molecule has 1 rings (SSSR count). The van der Waals surface area contributed by atoms with Crippen LogP contribution in [-0.4, -0.2) is 94.1 Å². The molecule has 0 aromatic heterocycles. The number of aromatic carboxylic acids is 1. The normalized spacial score (nSPS) is 14.9. The number of benzene rings is 1. The SMILES string of the molecule is CN[C@H](C(=O)NC(C(=O)N(C)[C@H](/C=C(\C)C(=O)N[C@H](CCC(=O)O)C(=O)O)C(C)C)C(C)(C)C)C(C)(C)c1ccc(C(=O)O)cc1. The molecule has 13 heteroatoms. The smallest absolute Gasteiger partial charge is 0.335 e. The van der Waals surface area contributed by atoms with E-state index in [-0.39, 0.29) is 23.5 Å². The highest BCUT2D eigenvalue weighted by Crippen LogP contribution is 2.29. The molecular formula is C33H50N4O9. The Morgan fingerprint density at radius 3 is 1.85 bits per heavy atom. The molecule has 0 spiro atoms. The van der Waals surface area contributed by atoms with E-state index in [4.69, 9.17) is 5.11 Å². The average Bonchev–Trinajstić information content (AvgIpc) is 2.94. The second kappa shape index (κ2) is 16.3. The molecule has 0 radical (unpaired) electrons. The molecule has 1 unspecified atom stereocenters.